The second-order valence-corrected chi connectivity index (χ2v) is 5.09. The molecule has 0 aliphatic rings. The molecule has 0 spiro atoms. The number of ether oxygens (including phenoxy) is 1. The molecular formula is C13H15BO4S. The molecule has 0 aliphatic heterocycles. The van der Waals surface area contributed by atoms with Crippen molar-refractivity contribution in [3.63, 3.8) is 0 Å². The fraction of sp³-hybridized carbons (Fsp3) is 0.231. The molecule has 0 atom stereocenters. The summed E-state index contributed by atoms with van der Waals surface area (Å²) < 4.78 is 10.5. The summed E-state index contributed by atoms with van der Waals surface area (Å²) in [6, 6.07) is 7.04. The van der Waals surface area contributed by atoms with Gasteiger partial charge in [0.1, 0.15) is 11.5 Å². The van der Waals surface area contributed by atoms with Crippen molar-refractivity contribution in [1.29, 1.82) is 0 Å². The second kappa shape index (κ2) is 6.19. The third kappa shape index (κ3) is 3.35. The molecule has 0 unspecified atom stereocenters. The van der Waals surface area contributed by atoms with E-state index in [9.17, 15) is 10.0 Å². The average molecular weight is 278 g/mol. The van der Waals surface area contributed by atoms with Gasteiger partial charge in [-0.15, -0.1) is 11.8 Å². The van der Waals surface area contributed by atoms with E-state index < -0.39 is 7.12 Å². The zero-order valence-electron chi connectivity index (χ0n) is 10.8. The van der Waals surface area contributed by atoms with E-state index in [0.29, 0.717) is 11.2 Å². The maximum atomic E-state index is 9.20. The van der Waals surface area contributed by atoms with Gasteiger partial charge in [-0.2, -0.15) is 0 Å². The van der Waals surface area contributed by atoms with Gasteiger partial charge in [-0.1, -0.05) is 12.1 Å². The Hall–Kier alpha value is -1.37. The molecule has 0 fully saturated rings. The number of methoxy groups -OCH3 is 1. The Balaban J connectivity index is 2.18. The largest absolute Gasteiger partial charge is 0.496 e. The Morgan fingerprint density at radius 2 is 2.11 bits per heavy atom. The Morgan fingerprint density at radius 1 is 1.32 bits per heavy atom. The van der Waals surface area contributed by atoms with E-state index in [1.807, 2.05) is 13.0 Å². The van der Waals surface area contributed by atoms with Gasteiger partial charge >= 0.3 is 7.12 Å². The Kier molecular flexibility index (Phi) is 4.58. The van der Waals surface area contributed by atoms with Crippen molar-refractivity contribution in [3.8, 4) is 5.75 Å². The maximum absolute atomic E-state index is 9.20. The van der Waals surface area contributed by atoms with Crippen molar-refractivity contribution in [1.82, 2.24) is 0 Å². The van der Waals surface area contributed by atoms with Gasteiger partial charge < -0.3 is 19.2 Å². The number of hydrogen-bond donors (Lipinski definition) is 2. The van der Waals surface area contributed by atoms with E-state index in [1.54, 1.807) is 43.3 Å². The minimum absolute atomic E-state index is 0.459. The van der Waals surface area contributed by atoms with E-state index in [2.05, 4.69) is 0 Å². The third-order valence-corrected chi connectivity index (χ3v) is 3.99. The maximum Gasteiger partial charge on any atom is 0.488 e. The first-order valence-corrected chi connectivity index (χ1v) is 6.80. The van der Waals surface area contributed by atoms with Crippen LogP contribution < -0.4 is 10.2 Å². The van der Waals surface area contributed by atoms with E-state index in [-0.39, 0.29) is 0 Å². The molecule has 0 saturated carbocycles. The molecule has 0 amide bonds. The monoisotopic (exact) mass is 278 g/mol. The van der Waals surface area contributed by atoms with Crippen LogP contribution in [0.5, 0.6) is 5.75 Å². The van der Waals surface area contributed by atoms with E-state index >= 15 is 0 Å². The summed E-state index contributed by atoms with van der Waals surface area (Å²) in [6.07, 6.45) is 1.66. The number of furan rings is 1. The number of thioether (sulfide) groups is 1. The second-order valence-electron chi connectivity index (χ2n) is 4.07. The zero-order valence-corrected chi connectivity index (χ0v) is 11.6. The van der Waals surface area contributed by atoms with Crippen molar-refractivity contribution in [3.05, 3.63) is 41.9 Å². The lowest BCUT2D eigenvalue weighted by Gasteiger charge is -2.10. The molecule has 2 aromatic rings. The molecule has 19 heavy (non-hydrogen) atoms. The van der Waals surface area contributed by atoms with Crippen LogP contribution >= 0.6 is 11.8 Å². The first-order chi connectivity index (χ1) is 9.11. The summed E-state index contributed by atoms with van der Waals surface area (Å²) in [4.78, 5) is 1.07. The fourth-order valence-corrected chi connectivity index (χ4v) is 2.69. The number of hydrogen-bond acceptors (Lipinski definition) is 5. The van der Waals surface area contributed by atoms with Crippen LogP contribution in [0.4, 0.5) is 0 Å². The van der Waals surface area contributed by atoms with Crippen LogP contribution in [0.2, 0.25) is 0 Å². The van der Waals surface area contributed by atoms with E-state index in [1.165, 1.54) is 0 Å². The molecule has 0 saturated heterocycles. The predicted molar refractivity (Wildman–Crippen MR) is 75.8 cm³/mol. The minimum atomic E-state index is -1.47. The van der Waals surface area contributed by atoms with Gasteiger partial charge in [0.15, 0.2) is 0 Å². The molecule has 2 rings (SSSR count). The average Bonchev–Trinajstić information content (AvgIpc) is 2.81. The van der Waals surface area contributed by atoms with Gasteiger partial charge in [-0.05, 0) is 24.5 Å². The molecule has 0 radical (unpaired) electrons. The fourth-order valence-electron chi connectivity index (χ4n) is 1.75. The number of aryl methyl sites for hydroxylation is 1. The van der Waals surface area contributed by atoms with Crippen LogP contribution in [-0.2, 0) is 5.75 Å². The summed E-state index contributed by atoms with van der Waals surface area (Å²) >= 11 is 1.62. The summed E-state index contributed by atoms with van der Waals surface area (Å²) in [7, 11) is 0.132. The van der Waals surface area contributed by atoms with Crippen molar-refractivity contribution in [2.75, 3.05) is 7.11 Å². The molecule has 1 aromatic heterocycles. The van der Waals surface area contributed by atoms with Crippen LogP contribution in [0.25, 0.3) is 0 Å². The quantitative estimate of drug-likeness (QED) is 0.642. The Bertz CT molecular complexity index is 553. The van der Waals surface area contributed by atoms with Crippen LogP contribution in [0.1, 0.15) is 11.3 Å². The SMILES string of the molecule is COc1ccc(B(O)O)cc1CSc1ccoc1C. The van der Waals surface area contributed by atoms with E-state index in [0.717, 1.165) is 22.0 Å². The predicted octanol–water partition coefficient (Wildman–Crippen LogP) is 1.57. The molecule has 6 heteroatoms. The van der Waals surface area contributed by atoms with Crippen LogP contribution in [-0.4, -0.2) is 24.3 Å². The van der Waals surface area contributed by atoms with Gasteiger partial charge in [0.05, 0.1) is 13.4 Å². The van der Waals surface area contributed by atoms with Crippen LogP contribution in [0.3, 0.4) is 0 Å². The highest BCUT2D eigenvalue weighted by molar-refractivity contribution is 7.98. The molecule has 1 heterocycles. The van der Waals surface area contributed by atoms with Crippen molar-refractivity contribution in [2.24, 2.45) is 0 Å². The Labute approximate surface area is 116 Å². The molecule has 1 aromatic carbocycles. The van der Waals surface area contributed by atoms with Gasteiger partial charge in [-0.25, -0.2) is 0 Å². The summed E-state index contributed by atoms with van der Waals surface area (Å²) in [5.74, 6) is 2.28. The highest BCUT2D eigenvalue weighted by Gasteiger charge is 2.14. The molecule has 2 N–H and O–H groups in total. The molecule has 100 valence electrons. The molecule has 4 nitrogen and oxygen atoms in total. The third-order valence-electron chi connectivity index (χ3n) is 2.80. The standard InChI is InChI=1S/C13H15BO4S/c1-9-13(5-6-18-9)19-8-10-7-11(14(15)16)3-4-12(10)17-2/h3-7,15-16H,8H2,1-2H3. The number of rotatable bonds is 5. The van der Waals surface area contributed by atoms with Gasteiger partial charge in [0, 0.05) is 16.2 Å². The smallest absolute Gasteiger partial charge is 0.488 e. The summed E-state index contributed by atoms with van der Waals surface area (Å²) in [5, 5.41) is 18.4. The highest BCUT2D eigenvalue weighted by atomic mass is 32.2. The van der Waals surface area contributed by atoms with Crippen LogP contribution in [0.15, 0.2) is 39.8 Å². The first-order valence-electron chi connectivity index (χ1n) is 5.81. The van der Waals surface area contributed by atoms with Crippen molar-refractivity contribution in [2.45, 2.75) is 17.6 Å². The van der Waals surface area contributed by atoms with Gasteiger partial charge in [0.25, 0.3) is 0 Å². The van der Waals surface area contributed by atoms with Gasteiger partial charge in [-0.3, -0.25) is 0 Å². The molecule has 0 aliphatic carbocycles. The number of benzene rings is 1. The normalized spacial score (nSPS) is 10.5. The van der Waals surface area contributed by atoms with Crippen molar-refractivity contribution < 1.29 is 19.2 Å². The zero-order chi connectivity index (χ0) is 13.8. The van der Waals surface area contributed by atoms with Crippen LogP contribution in [0, 0.1) is 6.92 Å². The molecule has 0 bridgehead atoms. The Morgan fingerprint density at radius 3 is 2.68 bits per heavy atom. The van der Waals surface area contributed by atoms with E-state index in [4.69, 9.17) is 9.15 Å². The lowest BCUT2D eigenvalue weighted by Crippen LogP contribution is -2.30. The lowest BCUT2D eigenvalue weighted by atomic mass is 9.79. The highest BCUT2D eigenvalue weighted by Crippen LogP contribution is 2.29. The van der Waals surface area contributed by atoms with Gasteiger partial charge in [0.2, 0.25) is 0 Å². The van der Waals surface area contributed by atoms with Crippen molar-refractivity contribution >= 4 is 24.3 Å². The minimum Gasteiger partial charge on any atom is -0.496 e. The topological polar surface area (TPSA) is 62.8 Å². The summed E-state index contributed by atoms with van der Waals surface area (Å²) in [5.41, 5.74) is 1.37. The first kappa shape index (κ1) is 14.1. The lowest BCUT2D eigenvalue weighted by molar-refractivity contribution is 0.410. The molecular weight excluding hydrogens is 263 g/mol. The summed E-state index contributed by atoms with van der Waals surface area (Å²) in [6.45, 7) is 1.91.